The van der Waals surface area contributed by atoms with Crippen molar-refractivity contribution in [2.75, 3.05) is 13.2 Å². The maximum Gasteiger partial charge on any atom is 0.306 e. The number of ether oxygens (including phenoxy) is 3. The van der Waals surface area contributed by atoms with Gasteiger partial charge in [0, 0.05) is 19.3 Å². The third-order valence-electron chi connectivity index (χ3n) is 15.0. The van der Waals surface area contributed by atoms with E-state index < -0.39 is 6.10 Å². The summed E-state index contributed by atoms with van der Waals surface area (Å²) in [5.41, 5.74) is 0. The quantitative estimate of drug-likeness (QED) is 0.0261. The van der Waals surface area contributed by atoms with Crippen LogP contribution in [0.25, 0.3) is 0 Å². The second-order valence-corrected chi connectivity index (χ2v) is 23.1. The standard InChI is InChI=1S/C76H130O6/c1-4-7-10-13-16-19-22-25-28-31-33-34-35-36-37-38-39-40-41-42-44-45-48-51-54-57-60-63-66-69-75(78)81-72-73(71-80-74(77)68-65-62-59-56-53-50-47-30-27-24-21-18-15-12-9-6-3)82-76(79)70-67-64-61-58-55-52-49-46-43-32-29-26-23-20-17-14-11-8-5-2/h8,11,17,20-22,24-26,29-31,33,35-36,43,46-47,73H,4-7,9-10,12-16,18-19,23,27-28,32,34,37-42,44-45,48-72H2,1-3H3/b11-8-,20-17-,24-21-,25-22-,29-26-,33-31-,36-35-,46-43-,47-30-. The van der Waals surface area contributed by atoms with Crippen LogP contribution in [-0.4, -0.2) is 37.2 Å². The zero-order valence-electron chi connectivity index (χ0n) is 54.0. The van der Waals surface area contributed by atoms with Gasteiger partial charge in [-0.05, 0) is 128 Å². The molecule has 0 fully saturated rings. The van der Waals surface area contributed by atoms with E-state index in [-0.39, 0.29) is 31.1 Å². The molecule has 0 radical (unpaired) electrons. The average Bonchev–Trinajstić information content (AvgIpc) is 3.47. The van der Waals surface area contributed by atoms with Crippen LogP contribution in [-0.2, 0) is 28.6 Å². The summed E-state index contributed by atoms with van der Waals surface area (Å²) in [6.07, 6.45) is 95.3. The summed E-state index contributed by atoms with van der Waals surface area (Å²) in [7, 11) is 0. The summed E-state index contributed by atoms with van der Waals surface area (Å²) in [6, 6.07) is 0. The molecule has 1 atom stereocenters. The molecule has 0 aliphatic carbocycles. The molecule has 6 nitrogen and oxygen atoms in total. The highest BCUT2D eigenvalue weighted by Crippen LogP contribution is 2.16. The monoisotopic (exact) mass is 1140 g/mol. The number of allylic oxidation sites excluding steroid dienone is 18. The van der Waals surface area contributed by atoms with Gasteiger partial charge in [0.2, 0.25) is 0 Å². The molecule has 6 heteroatoms. The normalized spacial score (nSPS) is 12.8. The predicted molar refractivity (Wildman–Crippen MR) is 357 cm³/mol. The Hall–Kier alpha value is -3.93. The van der Waals surface area contributed by atoms with Crippen LogP contribution in [0, 0.1) is 0 Å². The van der Waals surface area contributed by atoms with E-state index in [0.29, 0.717) is 19.3 Å². The molecule has 0 heterocycles. The van der Waals surface area contributed by atoms with Gasteiger partial charge in [-0.2, -0.15) is 0 Å². The molecule has 0 aliphatic rings. The van der Waals surface area contributed by atoms with Gasteiger partial charge in [0.1, 0.15) is 13.2 Å². The first-order valence-electron chi connectivity index (χ1n) is 34.9. The minimum atomic E-state index is -0.795. The van der Waals surface area contributed by atoms with E-state index >= 15 is 0 Å². The maximum absolute atomic E-state index is 12.9. The maximum atomic E-state index is 12.9. The SMILES string of the molecule is CC/C=C\C/C=C\C/C=C\C/C=C\CCCCCCCCC(=O)OC(COC(=O)CCCCCCC/C=C\C/C=C\CCCCCC)COC(=O)CCCCCCCCCCCCCCCC/C=C\C/C=C\C/C=C\CCCCCCC. The van der Waals surface area contributed by atoms with Crippen molar-refractivity contribution in [3.8, 4) is 0 Å². The van der Waals surface area contributed by atoms with Crippen molar-refractivity contribution in [2.24, 2.45) is 0 Å². The average molecular weight is 1140 g/mol. The first kappa shape index (κ1) is 78.1. The Balaban J connectivity index is 4.33. The Morgan fingerprint density at radius 2 is 0.476 bits per heavy atom. The van der Waals surface area contributed by atoms with Crippen molar-refractivity contribution >= 4 is 17.9 Å². The van der Waals surface area contributed by atoms with Crippen molar-refractivity contribution in [3.05, 3.63) is 109 Å². The minimum absolute atomic E-state index is 0.0885. The number of carbonyl (C=O) groups is 3. The first-order chi connectivity index (χ1) is 40.5. The van der Waals surface area contributed by atoms with Gasteiger partial charge < -0.3 is 14.2 Å². The number of carbonyl (C=O) groups excluding carboxylic acids is 3. The minimum Gasteiger partial charge on any atom is -0.462 e. The van der Waals surface area contributed by atoms with Crippen LogP contribution in [0.2, 0.25) is 0 Å². The van der Waals surface area contributed by atoms with Crippen LogP contribution in [0.4, 0.5) is 0 Å². The van der Waals surface area contributed by atoms with Crippen LogP contribution in [0.3, 0.4) is 0 Å². The van der Waals surface area contributed by atoms with E-state index in [1.54, 1.807) is 0 Å². The lowest BCUT2D eigenvalue weighted by Gasteiger charge is -2.18. The largest absolute Gasteiger partial charge is 0.462 e. The van der Waals surface area contributed by atoms with Gasteiger partial charge in [-0.15, -0.1) is 0 Å². The van der Waals surface area contributed by atoms with Crippen molar-refractivity contribution in [2.45, 2.75) is 341 Å². The van der Waals surface area contributed by atoms with Crippen LogP contribution in [0.15, 0.2) is 109 Å². The number of rotatable bonds is 63. The van der Waals surface area contributed by atoms with Crippen molar-refractivity contribution in [1.29, 1.82) is 0 Å². The Morgan fingerprint density at radius 3 is 0.756 bits per heavy atom. The Labute approximate surface area is 508 Å². The zero-order valence-corrected chi connectivity index (χ0v) is 54.0. The summed E-state index contributed by atoms with van der Waals surface area (Å²) < 4.78 is 17.0. The van der Waals surface area contributed by atoms with Gasteiger partial charge >= 0.3 is 17.9 Å². The molecular formula is C76H130O6. The van der Waals surface area contributed by atoms with Crippen LogP contribution in [0.5, 0.6) is 0 Å². The lowest BCUT2D eigenvalue weighted by Crippen LogP contribution is -2.30. The molecule has 1 unspecified atom stereocenters. The van der Waals surface area contributed by atoms with Gasteiger partial charge in [-0.1, -0.05) is 297 Å². The first-order valence-corrected chi connectivity index (χ1v) is 34.9. The summed E-state index contributed by atoms with van der Waals surface area (Å²) in [5.74, 6) is -0.906. The fourth-order valence-electron chi connectivity index (χ4n) is 9.77. The van der Waals surface area contributed by atoms with Gasteiger partial charge in [-0.25, -0.2) is 0 Å². The van der Waals surface area contributed by atoms with Crippen molar-refractivity contribution < 1.29 is 28.6 Å². The predicted octanol–water partition coefficient (Wildman–Crippen LogP) is 24.2. The number of unbranched alkanes of at least 4 members (excludes halogenated alkanes) is 34. The molecule has 0 aliphatic heterocycles. The molecule has 82 heavy (non-hydrogen) atoms. The third-order valence-corrected chi connectivity index (χ3v) is 15.0. The molecule has 0 rings (SSSR count). The number of esters is 3. The molecule has 0 aromatic heterocycles. The molecule has 0 saturated carbocycles. The summed E-state index contributed by atoms with van der Waals surface area (Å²) >= 11 is 0. The molecular weight excluding hydrogens is 1010 g/mol. The van der Waals surface area contributed by atoms with Gasteiger partial charge in [0.05, 0.1) is 0 Å². The van der Waals surface area contributed by atoms with Gasteiger partial charge in [0.15, 0.2) is 6.10 Å². The van der Waals surface area contributed by atoms with Crippen molar-refractivity contribution in [1.82, 2.24) is 0 Å². The zero-order chi connectivity index (χ0) is 59.2. The van der Waals surface area contributed by atoms with Crippen LogP contribution < -0.4 is 0 Å². The molecule has 0 bridgehead atoms. The van der Waals surface area contributed by atoms with E-state index in [0.717, 1.165) is 135 Å². The molecule has 0 spiro atoms. The topological polar surface area (TPSA) is 78.9 Å². The highest BCUT2D eigenvalue weighted by atomic mass is 16.6. The Kier molecular flexibility index (Phi) is 66.2. The Bertz CT molecular complexity index is 1640. The molecule has 0 aromatic carbocycles. The van der Waals surface area contributed by atoms with Crippen LogP contribution >= 0.6 is 0 Å². The smallest absolute Gasteiger partial charge is 0.306 e. The van der Waals surface area contributed by atoms with E-state index in [9.17, 15) is 14.4 Å². The lowest BCUT2D eigenvalue weighted by molar-refractivity contribution is -0.167. The van der Waals surface area contributed by atoms with E-state index in [2.05, 4.69) is 130 Å². The summed E-state index contributed by atoms with van der Waals surface area (Å²) in [4.78, 5) is 38.4. The van der Waals surface area contributed by atoms with E-state index in [1.807, 2.05) is 0 Å². The third kappa shape index (κ3) is 66.9. The molecule has 0 N–H and O–H groups in total. The molecule has 0 amide bonds. The van der Waals surface area contributed by atoms with Crippen molar-refractivity contribution in [3.63, 3.8) is 0 Å². The lowest BCUT2D eigenvalue weighted by atomic mass is 10.0. The highest BCUT2D eigenvalue weighted by Gasteiger charge is 2.19. The van der Waals surface area contributed by atoms with E-state index in [1.165, 1.54) is 161 Å². The molecule has 470 valence electrons. The summed E-state index contributed by atoms with van der Waals surface area (Å²) in [5, 5.41) is 0. The second-order valence-electron chi connectivity index (χ2n) is 23.1. The number of hydrogen-bond donors (Lipinski definition) is 0. The fraction of sp³-hybridized carbons (Fsp3) is 0.724. The molecule has 0 aromatic rings. The Morgan fingerprint density at radius 1 is 0.256 bits per heavy atom. The fourth-order valence-corrected chi connectivity index (χ4v) is 9.77. The highest BCUT2D eigenvalue weighted by molar-refractivity contribution is 5.71. The molecule has 0 saturated heterocycles. The summed E-state index contributed by atoms with van der Waals surface area (Å²) in [6.45, 7) is 6.51. The van der Waals surface area contributed by atoms with Gasteiger partial charge in [-0.3, -0.25) is 14.4 Å². The van der Waals surface area contributed by atoms with Crippen LogP contribution in [0.1, 0.15) is 335 Å². The number of hydrogen-bond acceptors (Lipinski definition) is 6. The van der Waals surface area contributed by atoms with E-state index in [4.69, 9.17) is 14.2 Å². The second kappa shape index (κ2) is 69.6. The van der Waals surface area contributed by atoms with Gasteiger partial charge in [0.25, 0.3) is 0 Å².